The van der Waals surface area contributed by atoms with Crippen LogP contribution >= 0.6 is 0 Å². The molecule has 1 fully saturated rings. The first-order valence-electron chi connectivity index (χ1n) is 4.99. The molecule has 0 heterocycles. The molecule has 1 aliphatic carbocycles. The van der Waals surface area contributed by atoms with Crippen molar-refractivity contribution in [1.29, 1.82) is 0 Å². The number of hydrogen-bond donors (Lipinski definition) is 1. The predicted octanol–water partition coefficient (Wildman–Crippen LogP) is 1.73. The molecule has 0 aromatic carbocycles. The van der Waals surface area contributed by atoms with E-state index in [9.17, 15) is 4.79 Å². The SMILES string of the molecule is CC(CN)C(=O)C1CCCCC1. The van der Waals surface area contributed by atoms with Crippen molar-refractivity contribution < 1.29 is 4.79 Å². The molecule has 1 rings (SSSR count). The highest BCUT2D eigenvalue weighted by atomic mass is 16.1. The van der Waals surface area contributed by atoms with Gasteiger partial charge in [-0.2, -0.15) is 0 Å². The second kappa shape index (κ2) is 4.61. The van der Waals surface area contributed by atoms with Gasteiger partial charge in [0, 0.05) is 18.4 Å². The van der Waals surface area contributed by atoms with Crippen LogP contribution in [0.25, 0.3) is 0 Å². The van der Waals surface area contributed by atoms with Crippen molar-refractivity contribution in [1.82, 2.24) is 0 Å². The van der Waals surface area contributed by atoms with Crippen LogP contribution in [0.2, 0.25) is 0 Å². The van der Waals surface area contributed by atoms with Gasteiger partial charge in [-0.3, -0.25) is 4.79 Å². The van der Waals surface area contributed by atoms with Gasteiger partial charge in [0.25, 0.3) is 0 Å². The average molecular weight is 169 g/mol. The zero-order valence-electron chi connectivity index (χ0n) is 7.88. The van der Waals surface area contributed by atoms with Crippen molar-refractivity contribution >= 4 is 5.78 Å². The molecule has 0 saturated heterocycles. The van der Waals surface area contributed by atoms with Crippen LogP contribution in [0, 0.1) is 11.8 Å². The number of hydrogen-bond acceptors (Lipinski definition) is 2. The van der Waals surface area contributed by atoms with Crippen LogP contribution in [0.1, 0.15) is 39.0 Å². The third kappa shape index (κ3) is 2.31. The lowest BCUT2D eigenvalue weighted by Gasteiger charge is -2.22. The Hall–Kier alpha value is -0.370. The van der Waals surface area contributed by atoms with Crippen molar-refractivity contribution in [2.24, 2.45) is 17.6 Å². The highest BCUT2D eigenvalue weighted by Gasteiger charge is 2.24. The molecule has 0 bridgehead atoms. The van der Waals surface area contributed by atoms with Gasteiger partial charge in [0.05, 0.1) is 0 Å². The Bertz CT molecular complexity index is 150. The minimum Gasteiger partial charge on any atom is -0.330 e. The van der Waals surface area contributed by atoms with Crippen LogP contribution in [0.4, 0.5) is 0 Å². The molecule has 1 unspecified atom stereocenters. The maximum Gasteiger partial charge on any atom is 0.140 e. The molecule has 2 heteroatoms. The van der Waals surface area contributed by atoms with Gasteiger partial charge in [-0.15, -0.1) is 0 Å². The molecule has 70 valence electrons. The third-order valence-electron chi connectivity index (χ3n) is 2.85. The van der Waals surface area contributed by atoms with Gasteiger partial charge < -0.3 is 5.73 Å². The highest BCUT2D eigenvalue weighted by Crippen LogP contribution is 2.26. The van der Waals surface area contributed by atoms with Crippen LogP contribution in [0.15, 0.2) is 0 Å². The number of carbonyl (C=O) groups is 1. The fraction of sp³-hybridized carbons (Fsp3) is 0.900. The van der Waals surface area contributed by atoms with E-state index in [1.165, 1.54) is 19.3 Å². The fourth-order valence-electron chi connectivity index (χ4n) is 1.91. The minimum absolute atomic E-state index is 0.0769. The number of nitrogens with two attached hydrogens (primary N) is 1. The van der Waals surface area contributed by atoms with Gasteiger partial charge in [-0.25, -0.2) is 0 Å². The first-order chi connectivity index (χ1) is 5.75. The van der Waals surface area contributed by atoms with E-state index in [4.69, 9.17) is 5.73 Å². The lowest BCUT2D eigenvalue weighted by atomic mass is 9.82. The van der Waals surface area contributed by atoms with Gasteiger partial charge >= 0.3 is 0 Å². The third-order valence-corrected chi connectivity index (χ3v) is 2.85. The van der Waals surface area contributed by atoms with Gasteiger partial charge in [-0.05, 0) is 12.8 Å². The summed E-state index contributed by atoms with van der Waals surface area (Å²) in [6, 6.07) is 0. The topological polar surface area (TPSA) is 43.1 Å². The predicted molar refractivity (Wildman–Crippen MR) is 49.8 cm³/mol. The van der Waals surface area contributed by atoms with E-state index < -0.39 is 0 Å². The molecule has 12 heavy (non-hydrogen) atoms. The largest absolute Gasteiger partial charge is 0.330 e. The maximum absolute atomic E-state index is 11.6. The Morgan fingerprint density at radius 2 is 2.00 bits per heavy atom. The van der Waals surface area contributed by atoms with E-state index in [0.717, 1.165) is 12.8 Å². The van der Waals surface area contributed by atoms with Crippen molar-refractivity contribution in [3.8, 4) is 0 Å². The van der Waals surface area contributed by atoms with Crippen LogP contribution < -0.4 is 5.73 Å². The molecule has 0 aromatic heterocycles. The Kier molecular flexibility index (Phi) is 3.73. The molecule has 0 aliphatic heterocycles. The molecule has 0 radical (unpaired) electrons. The quantitative estimate of drug-likeness (QED) is 0.699. The Morgan fingerprint density at radius 3 is 2.50 bits per heavy atom. The lowest BCUT2D eigenvalue weighted by molar-refractivity contribution is -0.126. The molecule has 0 amide bonds. The molecular weight excluding hydrogens is 150 g/mol. The molecule has 1 aliphatic rings. The first-order valence-corrected chi connectivity index (χ1v) is 4.99. The Labute approximate surface area is 74.5 Å². The summed E-state index contributed by atoms with van der Waals surface area (Å²) in [5.41, 5.74) is 5.46. The molecule has 1 atom stereocenters. The molecule has 2 N–H and O–H groups in total. The summed E-state index contributed by atoms with van der Waals surface area (Å²) in [7, 11) is 0. The second-order valence-electron chi connectivity index (χ2n) is 3.87. The molecule has 1 saturated carbocycles. The van der Waals surface area contributed by atoms with E-state index >= 15 is 0 Å². The zero-order valence-corrected chi connectivity index (χ0v) is 7.88. The molecule has 0 spiro atoms. The van der Waals surface area contributed by atoms with Crippen molar-refractivity contribution in [3.63, 3.8) is 0 Å². The first kappa shape index (κ1) is 9.72. The molecule has 0 aromatic rings. The van der Waals surface area contributed by atoms with E-state index in [1.54, 1.807) is 0 Å². The monoisotopic (exact) mass is 169 g/mol. The van der Waals surface area contributed by atoms with E-state index in [-0.39, 0.29) is 5.92 Å². The van der Waals surface area contributed by atoms with E-state index in [0.29, 0.717) is 18.2 Å². The zero-order chi connectivity index (χ0) is 8.97. The summed E-state index contributed by atoms with van der Waals surface area (Å²) in [6.07, 6.45) is 5.97. The Morgan fingerprint density at radius 1 is 1.42 bits per heavy atom. The van der Waals surface area contributed by atoms with E-state index in [2.05, 4.69) is 0 Å². The summed E-state index contributed by atoms with van der Waals surface area (Å²) < 4.78 is 0. The van der Waals surface area contributed by atoms with Crippen LogP contribution in [0.5, 0.6) is 0 Å². The van der Waals surface area contributed by atoms with Gasteiger partial charge in [0.15, 0.2) is 0 Å². The number of ketones is 1. The lowest BCUT2D eigenvalue weighted by Crippen LogP contribution is -2.28. The average Bonchev–Trinajstić information content (AvgIpc) is 2.17. The normalized spacial score (nSPS) is 22.2. The van der Waals surface area contributed by atoms with Gasteiger partial charge in [0.1, 0.15) is 5.78 Å². The number of Topliss-reactive ketones (excluding diaryl/α,β-unsaturated/α-hetero) is 1. The maximum atomic E-state index is 11.6. The van der Waals surface area contributed by atoms with Crippen LogP contribution in [0.3, 0.4) is 0 Å². The van der Waals surface area contributed by atoms with Gasteiger partial charge in [-0.1, -0.05) is 26.2 Å². The van der Waals surface area contributed by atoms with Crippen molar-refractivity contribution in [2.75, 3.05) is 6.54 Å². The summed E-state index contributed by atoms with van der Waals surface area (Å²) in [5, 5.41) is 0. The highest BCUT2D eigenvalue weighted by molar-refractivity contribution is 5.83. The number of rotatable bonds is 3. The Balaban J connectivity index is 2.39. The van der Waals surface area contributed by atoms with Crippen molar-refractivity contribution in [2.45, 2.75) is 39.0 Å². The molecule has 2 nitrogen and oxygen atoms in total. The standard InChI is InChI=1S/C10H19NO/c1-8(7-11)10(12)9-5-3-2-4-6-9/h8-9H,2-7,11H2,1H3. The van der Waals surface area contributed by atoms with E-state index in [1.807, 2.05) is 6.92 Å². The summed E-state index contributed by atoms with van der Waals surface area (Å²) in [6.45, 7) is 2.45. The summed E-state index contributed by atoms with van der Waals surface area (Å²) in [5.74, 6) is 0.808. The smallest absolute Gasteiger partial charge is 0.140 e. The number of carbonyl (C=O) groups excluding carboxylic acids is 1. The second-order valence-corrected chi connectivity index (χ2v) is 3.87. The minimum atomic E-state index is 0.0769. The van der Waals surface area contributed by atoms with Crippen LogP contribution in [-0.4, -0.2) is 12.3 Å². The summed E-state index contributed by atoms with van der Waals surface area (Å²) in [4.78, 5) is 11.6. The van der Waals surface area contributed by atoms with Crippen LogP contribution in [-0.2, 0) is 4.79 Å². The van der Waals surface area contributed by atoms with Crippen molar-refractivity contribution in [3.05, 3.63) is 0 Å². The molecular formula is C10H19NO. The summed E-state index contributed by atoms with van der Waals surface area (Å²) >= 11 is 0. The fourth-order valence-corrected chi connectivity index (χ4v) is 1.91. The van der Waals surface area contributed by atoms with Gasteiger partial charge in [0.2, 0.25) is 0 Å².